The molecule has 1 fully saturated rings. The van der Waals surface area contributed by atoms with Crippen LogP contribution in [-0.4, -0.2) is 38.0 Å². The molecule has 0 spiro atoms. The number of pyridine rings is 1. The van der Waals surface area contributed by atoms with Crippen molar-refractivity contribution in [1.29, 1.82) is 5.26 Å². The average molecular weight is 439 g/mol. The minimum atomic E-state index is -3.69. The number of aromatic nitrogens is 1. The van der Waals surface area contributed by atoms with Gasteiger partial charge in [-0.1, -0.05) is 6.07 Å². The SMILES string of the molecule is N#Cc1c(COC(=O)c2ccc(S(=O)(=O)NC[C@@H]3CCCO3)cc2)cn2ccccc12. The molecule has 9 heteroatoms. The van der Waals surface area contributed by atoms with Crippen molar-refractivity contribution in [2.45, 2.75) is 30.4 Å². The van der Waals surface area contributed by atoms with Crippen molar-refractivity contribution in [3.63, 3.8) is 0 Å². The lowest BCUT2D eigenvalue weighted by Gasteiger charge is -2.11. The van der Waals surface area contributed by atoms with Gasteiger partial charge in [0.05, 0.1) is 27.6 Å². The van der Waals surface area contributed by atoms with Gasteiger partial charge in [-0.25, -0.2) is 17.9 Å². The van der Waals surface area contributed by atoms with Crippen LogP contribution in [-0.2, 0) is 26.1 Å². The summed E-state index contributed by atoms with van der Waals surface area (Å²) in [6, 6.07) is 13.2. The van der Waals surface area contributed by atoms with Crippen LogP contribution in [0.1, 0.15) is 34.3 Å². The third kappa shape index (κ3) is 4.61. The monoisotopic (exact) mass is 439 g/mol. The Bertz CT molecular complexity index is 1240. The fourth-order valence-electron chi connectivity index (χ4n) is 3.50. The van der Waals surface area contributed by atoms with E-state index in [1.54, 1.807) is 10.6 Å². The summed E-state index contributed by atoms with van der Waals surface area (Å²) in [5.41, 5.74) is 2.01. The summed E-state index contributed by atoms with van der Waals surface area (Å²) in [5, 5.41) is 9.43. The quantitative estimate of drug-likeness (QED) is 0.567. The van der Waals surface area contributed by atoms with Gasteiger partial charge in [-0.3, -0.25) is 0 Å². The number of sulfonamides is 1. The van der Waals surface area contributed by atoms with Crippen molar-refractivity contribution in [1.82, 2.24) is 9.12 Å². The molecule has 31 heavy (non-hydrogen) atoms. The zero-order chi connectivity index (χ0) is 21.8. The van der Waals surface area contributed by atoms with Crippen molar-refractivity contribution in [2.75, 3.05) is 13.2 Å². The first-order valence-corrected chi connectivity index (χ1v) is 11.3. The van der Waals surface area contributed by atoms with Gasteiger partial charge in [-0.15, -0.1) is 0 Å². The Kier molecular flexibility index (Phi) is 6.04. The largest absolute Gasteiger partial charge is 0.457 e. The van der Waals surface area contributed by atoms with E-state index < -0.39 is 16.0 Å². The number of carbonyl (C=O) groups excluding carboxylic acids is 1. The Hall–Kier alpha value is -3.19. The fourth-order valence-corrected chi connectivity index (χ4v) is 4.57. The number of hydrogen-bond donors (Lipinski definition) is 1. The van der Waals surface area contributed by atoms with Crippen molar-refractivity contribution in [2.24, 2.45) is 0 Å². The smallest absolute Gasteiger partial charge is 0.338 e. The summed E-state index contributed by atoms with van der Waals surface area (Å²) in [6.45, 7) is 0.810. The van der Waals surface area contributed by atoms with Crippen molar-refractivity contribution in [3.05, 3.63) is 71.5 Å². The van der Waals surface area contributed by atoms with Crippen LogP contribution in [0.2, 0.25) is 0 Å². The van der Waals surface area contributed by atoms with Crippen molar-refractivity contribution in [3.8, 4) is 6.07 Å². The fraction of sp³-hybridized carbons (Fsp3) is 0.273. The van der Waals surface area contributed by atoms with Gasteiger partial charge in [-0.05, 0) is 49.2 Å². The van der Waals surface area contributed by atoms with E-state index >= 15 is 0 Å². The molecule has 4 rings (SSSR count). The standard InChI is InChI=1S/C22H21N3O5S/c23-12-20-17(14-25-10-2-1-5-21(20)25)15-30-22(26)16-6-8-19(9-7-16)31(27,28)24-13-18-4-3-11-29-18/h1-2,5-10,14,18,24H,3-4,11,13,15H2/t18-/m0/s1. The van der Waals surface area contributed by atoms with E-state index in [0.717, 1.165) is 18.4 Å². The van der Waals surface area contributed by atoms with Gasteiger partial charge in [0.1, 0.15) is 12.7 Å². The second kappa shape index (κ2) is 8.89. The highest BCUT2D eigenvalue weighted by molar-refractivity contribution is 7.89. The normalized spacial score (nSPS) is 16.3. The van der Waals surface area contributed by atoms with Crippen LogP contribution in [0.25, 0.3) is 5.52 Å². The lowest BCUT2D eigenvalue weighted by atomic mass is 10.2. The predicted octanol–water partition coefficient (Wildman–Crippen LogP) is 2.63. The molecule has 1 saturated heterocycles. The first-order chi connectivity index (χ1) is 15.0. The molecule has 0 aliphatic carbocycles. The summed E-state index contributed by atoms with van der Waals surface area (Å²) >= 11 is 0. The number of esters is 1. The van der Waals surface area contributed by atoms with Crippen LogP contribution in [0.15, 0.2) is 59.8 Å². The number of hydrogen-bond acceptors (Lipinski definition) is 6. The first kappa shape index (κ1) is 21.1. The molecule has 160 valence electrons. The lowest BCUT2D eigenvalue weighted by molar-refractivity contribution is 0.0472. The average Bonchev–Trinajstić information content (AvgIpc) is 3.43. The number of fused-ring (bicyclic) bond motifs is 1. The number of nitrogens with zero attached hydrogens (tertiary/aromatic N) is 2. The van der Waals surface area contributed by atoms with Crippen LogP contribution < -0.4 is 4.72 Å². The molecule has 0 amide bonds. The zero-order valence-corrected chi connectivity index (χ0v) is 17.5. The van der Waals surface area contributed by atoms with E-state index in [1.165, 1.54) is 24.3 Å². The highest BCUT2D eigenvalue weighted by Gasteiger charge is 2.21. The van der Waals surface area contributed by atoms with Crippen molar-refractivity contribution >= 4 is 21.5 Å². The number of ether oxygens (including phenoxy) is 2. The maximum absolute atomic E-state index is 12.4. The molecule has 1 aromatic carbocycles. The number of nitriles is 1. The minimum absolute atomic E-state index is 0.0625. The van der Waals surface area contributed by atoms with E-state index in [9.17, 15) is 18.5 Å². The third-order valence-electron chi connectivity index (χ3n) is 5.16. The first-order valence-electron chi connectivity index (χ1n) is 9.85. The van der Waals surface area contributed by atoms with Gasteiger partial charge >= 0.3 is 5.97 Å². The molecular weight excluding hydrogens is 418 g/mol. The van der Waals surface area contributed by atoms with Crippen LogP contribution >= 0.6 is 0 Å². The molecule has 0 bridgehead atoms. The summed E-state index contributed by atoms with van der Waals surface area (Å²) in [4.78, 5) is 12.5. The van der Waals surface area contributed by atoms with Gasteiger partial charge in [0, 0.05) is 31.1 Å². The highest BCUT2D eigenvalue weighted by Crippen LogP contribution is 2.20. The van der Waals surface area contributed by atoms with Crippen LogP contribution in [0, 0.1) is 11.3 Å². The maximum atomic E-state index is 12.4. The van der Waals surface area contributed by atoms with Gasteiger partial charge < -0.3 is 13.9 Å². The predicted molar refractivity (Wildman–Crippen MR) is 112 cm³/mol. The summed E-state index contributed by atoms with van der Waals surface area (Å²) in [7, 11) is -3.69. The molecular formula is C22H21N3O5S. The van der Waals surface area contributed by atoms with Crippen molar-refractivity contribution < 1.29 is 22.7 Å². The van der Waals surface area contributed by atoms with Gasteiger partial charge in [0.2, 0.25) is 10.0 Å². The summed E-state index contributed by atoms with van der Waals surface area (Å²) in [6.07, 6.45) is 5.22. The summed E-state index contributed by atoms with van der Waals surface area (Å²) < 4.78 is 39.9. The molecule has 8 nitrogen and oxygen atoms in total. The third-order valence-corrected chi connectivity index (χ3v) is 6.60. The molecule has 1 N–H and O–H groups in total. The zero-order valence-electron chi connectivity index (χ0n) is 16.7. The molecule has 0 radical (unpaired) electrons. The van der Waals surface area contributed by atoms with E-state index in [2.05, 4.69) is 10.8 Å². The number of nitrogens with one attached hydrogen (secondary N) is 1. The molecule has 0 unspecified atom stereocenters. The van der Waals surface area contributed by atoms with Crippen LogP contribution in [0.3, 0.4) is 0 Å². The molecule has 0 saturated carbocycles. The number of rotatable bonds is 7. The Morgan fingerprint density at radius 1 is 1.26 bits per heavy atom. The van der Waals surface area contributed by atoms with E-state index in [-0.39, 0.29) is 29.7 Å². The van der Waals surface area contributed by atoms with E-state index in [4.69, 9.17) is 9.47 Å². The highest BCUT2D eigenvalue weighted by atomic mass is 32.2. The molecule has 3 heterocycles. The number of carbonyl (C=O) groups is 1. The number of benzene rings is 1. The summed E-state index contributed by atoms with van der Waals surface area (Å²) in [5.74, 6) is -0.601. The van der Waals surface area contributed by atoms with E-state index in [1.807, 2.05) is 24.4 Å². The molecule has 2 aromatic heterocycles. The second-order valence-corrected chi connectivity index (χ2v) is 8.99. The Morgan fingerprint density at radius 2 is 2.06 bits per heavy atom. The van der Waals surface area contributed by atoms with Gasteiger partial charge in [-0.2, -0.15) is 5.26 Å². The second-order valence-electron chi connectivity index (χ2n) is 7.22. The molecule has 3 aromatic rings. The minimum Gasteiger partial charge on any atom is -0.457 e. The van der Waals surface area contributed by atoms with Gasteiger partial charge in [0.15, 0.2) is 0 Å². The topological polar surface area (TPSA) is 110 Å². The molecule has 1 atom stereocenters. The van der Waals surface area contributed by atoms with E-state index in [0.29, 0.717) is 17.7 Å². The molecule has 1 aliphatic rings. The van der Waals surface area contributed by atoms with Crippen LogP contribution in [0.5, 0.6) is 0 Å². The Morgan fingerprint density at radius 3 is 2.77 bits per heavy atom. The Labute approximate surface area is 180 Å². The molecule has 1 aliphatic heterocycles. The maximum Gasteiger partial charge on any atom is 0.338 e. The van der Waals surface area contributed by atoms with Crippen LogP contribution in [0.4, 0.5) is 0 Å². The van der Waals surface area contributed by atoms with Gasteiger partial charge in [0.25, 0.3) is 0 Å². The Balaban J connectivity index is 1.40. The lowest BCUT2D eigenvalue weighted by Crippen LogP contribution is -2.31.